The van der Waals surface area contributed by atoms with Crippen LogP contribution in [0.15, 0.2) is 24.6 Å². The maximum Gasteiger partial charge on any atom is 0.490 e. The second-order valence-electron chi connectivity index (χ2n) is 6.35. The molecule has 0 bridgehead atoms. The van der Waals surface area contributed by atoms with Gasteiger partial charge in [0, 0.05) is 17.8 Å². The van der Waals surface area contributed by atoms with E-state index in [4.69, 9.17) is 25.8 Å². The highest BCUT2D eigenvalue weighted by Crippen LogP contribution is 2.66. The van der Waals surface area contributed by atoms with Crippen molar-refractivity contribution < 1.29 is 61.1 Å². The summed E-state index contributed by atoms with van der Waals surface area (Å²) < 4.78 is 51.1. The number of carbonyl (C=O) groups excluding carboxylic acids is 1. The van der Waals surface area contributed by atoms with Gasteiger partial charge in [-0.3, -0.25) is 9.42 Å². The molecule has 2 aliphatic rings. The Kier molecular flexibility index (Phi) is 7.42. The van der Waals surface area contributed by atoms with Crippen molar-refractivity contribution in [2.24, 2.45) is 5.92 Å². The fourth-order valence-electron chi connectivity index (χ4n) is 2.70. The van der Waals surface area contributed by atoms with E-state index in [0.29, 0.717) is 0 Å². The number of carbonyl (C=O) groups is 1. The molecule has 0 spiro atoms. The first-order chi connectivity index (χ1) is 14.0. The van der Waals surface area contributed by atoms with Gasteiger partial charge in [0.2, 0.25) is 0 Å². The lowest BCUT2D eigenvalue weighted by Gasteiger charge is -2.34. The quantitative estimate of drug-likeness (QED) is 0.191. The molecule has 1 fully saturated rings. The van der Waals surface area contributed by atoms with Gasteiger partial charge in [-0.2, -0.15) is 8.62 Å². The Morgan fingerprint density at radius 2 is 1.90 bits per heavy atom. The number of terminal acetylenes is 1. The van der Waals surface area contributed by atoms with Gasteiger partial charge in [0.1, 0.15) is 0 Å². The Morgan fingerprint density at radius 1 is 1.29 bits per heavy atom. The second kappa shape index (κ2) is 8.88. The normalized spacial score (nSPS) is 32.8. The summed E-state index contributed by atoms with van der Waals surface area (Å²) >= 11 is 0. The third-order valence-electron chi connectivity index (χ3n) is 4.17. The van der Waals surface area contributed by atoms with E-state index in [-0.39, 0.29) is 5.70 Å². The summed E-state index contributed by atoms with van der Waals surface area (Å²) in [5.41, 5.74) is -1.81. The molecule has 0 aromatic carbocycles. The van der Waals surface area contributed by atoms with Gasteiger partial charge in [0.25, 0.3) is 0 Å². The third-order valence-corrected chi connectivity index (χ3v) is 7.97. The fraction of sp³-hybridized carbons (Fsp3) is 0.462. The zero-order chi connectivity index (χ0) is 23.8. The molecule has 1 saturated heterocycles. The van der Waals surface area contributed by atoms with Crippen molar-refractivity contribution in [3.05, 3.63) is 24.6 Å². The van der Waals surface area contributed by atoms with Crippen LogP contribution in [0.1, 0.15) is 6.92 Å². The molecule has 2 aliphatic heterocycles. The highest BCUT2D eigenvalue weighted by molar-refractivity contribution is 7.66. The first kappa shape index (κ1) is 25.9. The largest absolute Gasteiger partial charge is 0.490 e. The molecular formula is C13H19N2O13P3. The zero-order valence-electron chi connectivity index (χ0n) is 15.7. The number of urea groups is 1. The van der Waals surface area contributed by atoms with Crippen LogP contribution in [0.25, 0.3) is 0 Å². The number of phosphoric acid groups is 3. The Balaban J connectivity index is 2.13. The summed E-state index contributed by atoms with van der Waals surface area (Å²) in [6.45, 7) is 4.07. The lowest BCUT2D eigenvalue weighted by Crippen LogP contribution is -2.55. The molecule has 31 heavy (non-hydrogen) atoms. The Labute approximate surface area is 175 Å². The molecule has 2 heterocycles. The predicted molar refractivity (Wildman–Crippen MR) is 100 cm³/mol. The molecule has 6 N–H and O–H groups in total. The van der Waals surface area contributed by atoms with Gasteiger partial charge in [0.05, 0.1) is 12.7 Å². The maximum atomic E-state index is 12.2. The molecule has 0 saturated carbocycles. The minimum atomic E-state index is -5.69. The molecule has 0 aromatic rings. The minimum absolute atomic E-state index is 0.265. The molecule has 6 atom stereocenters. The molecule has 2 rings (SSSR count). The van der Waals surface area contributed by atoms with Crippen LogP contribution in [0.4, 0.5) is 4.79 Å². The van der Waals surface area contributed by atoms with E-state index < -0.39 is 60.0 Å². The van der Waals surface area contributed by atoms with Gasteiger partial charge < -0.3 is 34.7 Å². The monoisotopic (exact) mass is 504 g/mol. The number of rotatable bonds is 8. The van der Waals surface area contributed by atoms with Gasteiger partial charge >= 0.3 is 29.5 Å². The summed E-state index contributed by atoms with van der Waals surface area (Å²) in [5.74, 6) is 1.10. The van der Waals surface area contributed by atoms with Gasteiger partial charge in [-0.15, -0.1) is 6.42 Å². The zero-order valence-corrected chi connectivity index (χ0v) is 18.4. The van der Waals surface area contributed by atoms with Crippen LogP contribution in [0, 0.1) is 18.3 Å². The van der Waals surface area contributed by atoms with Crippen LogP contribution >= 0.6 is 23.5 Å². The van der Waals surface area contributed by atoms with Crippen molar-refractivity contribution in [3.8, 4) is 12.3 Å². The highest BCUT2D eigenvalue weighted by Gasteiger charge is 2.56. The summed E-state index contributed by atoms with van der Waals surface area (Å²) in [7, 11) is -16.6. The van der Waals surface area contributed by atoms with Crippen molar-refractivity contribution in [1.29, 1.82) is 0 Å². The number of nitrogens with one attached hydrogen (secondary N) is 1. The topological polar surface area (TPSA) is 222 Å². The Morgan fingerprint density at radius 3 is 2.42 bits per heavy atom. The van der Waals surface area contributed by atoms with Crippen LogP contribution in [-0.2, 0) is 31.6 Å². The van der Waals surface area contributed by atoms with E-state index in [1.54, 1.807) is 0 Å². The summed E-state index contributed by atoms with van der Waals surface area (Å²) in [6, 6.07) is -0.730. The number of amides is 2. The molecule has 174 valence electrons. The predicted octanol–water partition coefficient (Wildman–Crippen LogP) is 0.108. The van der Waals surface area contributed by atoms with Crippen molar-refractivity contribution in [1.82, 2.24) is 10.2 Å². The van der Waals surface area contributed by atoms with Crippen LogP contribution in [-0.4, -0.2) is 60.2 Å². The van der Waals surface area contributed by atoms with E-state index in [1.165, 1.54) is 19.2 Å². The van der Waals surface area contributed by atoms with E-state index in [1.807, 2.05) is 0 Å². The molecule has 0 aliphatic carbocycles. The molecule has 0 radical (unpaired) electrons. The molecular weight excluding hydrogens is 485 g/mol. The first-order valence-corrected chi connectivity index (χ1v) is 12.6. The number of allylic oxidation sites excluding steroid dienone is 1. The molecule has 18 heteroatoms. The average Bonchev–Trinajstić information content (AvgIpc) is 2.82. The summed E-state index contributed by atoms with van der Waals surface area (Å²) in [6.07, 6.45) is 5.35. The van der Waals surface area contributed by atoms with Crippen LogP contribution in [0.5, 0.6) is 0 Å². The van der Waals surface area contributed by atoms with Crippen molar-refractivity contribution in [2.45, 2.75) is 24.9 Å². The van der Waals surface area contributed by atoms with E-state index in [2.05, 4.69) is 31.0 Å². The SMILES string of the molecule is C#CC1(O)[C@@H](C)[C@@H](COP(=O)(O)OP(=O)(O)OP(=O)(O)O)O[C@H]1N1C=CC(=C)NC1=O. The van der Waals surface area contributed by atoms with Gasteiger partial charge in [-0.1, -0.05) is 19.4 Å². The third kappa shape index (κ3) is 6.34. The second-order valence-corrected chi connectivity index (χ2v) is 10.8. The molecule has 3 unspecified atom stereocenters. The smallest absolute Gasteiger partial charge is 0.373 e. The van der Waals surface area contributed by atoms with Gasteiger partial charge in [0.15, 0.2) is 11.8 Å². The number of aliphatic hydroxyl groups is 1. The number of phosphoric ester groups is 1. The van der Waals surface area contributed by atoms with E-state index in [0.717, 1.165) is 4.90 Å². The Bertz CT molecular complexity index is 970. The van der Waals surface area contributed by atoms with Crippen molar-refractivity contribution >= 4 is 29.5 Å². The highest BCUT2D eigenvalue weighted by atomic mass is 31.3. The summed E-state index contributed by atoms with van der Waals surface area (Å²) in [5, 5.41) is 13.2. The standard InChI is InChI=1S/C13H19N2O13P3/c1-4-13(17)9(3)10(26-11(13)15-6-5-8(2)14-12(15)16)7-25-30(21,22)28-31(23,24)27-29(18,19)20/h1,5-6,9-11,17H,2,7H2,3H3,(H,14,16)(H,21,22)(H,23,24)(H2,18,19,20)/t9-,10+,11+,13?/m0/s1. The van der Waals surface area contributed by atoms with E-state index >= 15 is 0 Å². The molecule has 15 nitrogen and oxygen atoms in total. The molecule has 2 amide bonds. The first-order valence-electron chi connectivity index (χ1n) is 8.10. The van der Waals surface area contributed by atoms with Crippen molar-refractivity contribution in [2.75, 3.05) is 6.61 Å². The maximum absolute atomic E-state index is 12.2. The Hall–Kier alpha value is -1.36. The van der Waals surface area contributed by atoms with Crippen molar-refractivity contribution in [3.63, 3.8) is 0 Å². The minimum Gasteiger partial charge on any atom is -0.373 e. The fourth-order valence-corrected chi connectivity index (χ4v) is 5.73. The summed E-state index contributed by atoms with van der Waals surface area (Å²) in [4.78, 5) is 48.8. The number of hydrogen-bond donors (Lipinski definition) is 6. The number of nitrogens with zero attached hydrogens (tertiary/aromatic N) is 1. The van der Waals surface area contributed by atoms with Crippen LogP contribution in [0.2, 0.25) is 0 Å². The average molecular weight is 504 g/mol. The van der Waals surface area contributed by atoms with Crippen LogP contribution < -0.4 is 5.32 Å². The number of ether oxygens (including phenoxy) is 1. The van der Waals surface area contributed by atoms with Crippen LogP contribution in [0.3, 0.4) is 0 Å². The van der Waals surface area contributed by atoms with Gasteiger partial charge in [-0.25, -0.2) is 18.5 Å². The van der Waals surface area contributed by atoms with Gasteiger partial charge in [-0.05, 0) is 6.08 Å². The lowest BCUT2D eigenvalue weighted by molar-refractivity contribution is -0.0840. The molecule has 0 aromatic heterocycles. The van der Waals surface area contributed by atoms with E-state index in [9.17, 15) is 28.5 Å². The lowest BCUT2D eigenvalue weighted by atomic mass is 9.86. The number of hydrogen-bond acceptors (Lipinski definition) is 9.